The number of nitrogens with zero attached hydrogens (tertiary/aromatic N) is 1. The van der Waals surface area contributed by atoms with Crippen LogP contribution in [-0.4, -0.2) is 14.1 Å². The fourth-order valence-electron chi connectivity index (χ4n) is 1.86. The van der Waals surface area contributed by atoms with E-state index >= 15 is 0 Å². The number of nitrogens with two attached hydrogens (primary N) is 1. The lowest BCUT2D eigenvalue weighted by atomic mass is 10.0. The lowest BCUT2D eigenvalue weighted by molar-refractivity contribution is 1.13. The Labute approximate surface area is 123 Å². The normalized spacial score (nSPS) is 9.70. The second-order valence-corrected chi connectivity index (χ2v) is 5.44. The van der Waals surface area contributed by atoms with Crippen LogP contribution in [0, 0.1) is 27.7 Å². The first-order chi connectivity index (χ1) is 9.32. The van der Waals surface area contributed by atoms with Crippen LogP contribution in [0.3, 0.4) is 0 Å². The zero-order valence-electron chi connectivity index (χ0n) is 13.5. The van der Waals surface area contributed by atoms with Gasteiger partial charge < -0.3 is 10.6 Å². The van der Waals surface area contributed by atoms with Crippen molar-refractivity contribution in [2.45, 2.75) is 27.7 Å². The zero-order chi connectivity index (χ0) is 15.3. The minimum Gasteiger partial charge on any atom is -0.399 e. The van der Waals surface area contributed by atoms with Crippen LogP contribution in [0.1, 0.15) is 22.3 Å². The average molecular weight is 270 g/mol. The van der Waals surface area contributed by atoms with Crippen LogP contribution in [0.5, 0.6) is 0 Å². The Morgan fingerprint density at radius 3 is 1.45 bits per heavy atom. The van der Waals surface area contributed by atoms with Crippen molar-refractivity contribution in [1.82, 2.24) is 0 Å². The molecule has 0 heterocycles. The van der Waals surface area contributed by atoms with Gasteiger partial charge in [-0.15, -0.1) is 0 Å². The Balaban J connectivity index is 0.000000200. The molecule has 2 nitrogen and oxygen atoms in total. The molecule has 0 bridgehead atoms. The molecule has 0 fully saturated rings. The minimum absolute atomic E-state index is 0.811. The molecule has 0 radical (unpaired) electrons. The summed E-state index contributed by atoms with van der Waals surface area (Å²) in [4.78, 5) is 2.04. The molecule has 0 aliphatic carbocycles. The highest BCUT2D eigenvalue weighted by Gasteiger charge is 1.97. The molecule has 0 amide bonds. The molecule has 108 valence electrons. The summed E-state index contributed by atoms with van der Waals surface area (Å²) in [5.74, 6) is 0. The number of benzene rings is 2. The smallest absolute Gasteiger partial charge is 0.0362 e. The maximum Gasteiger partial charge on any atom is 0.0362 e. The van der Waals surface area contributed by atoms with Crippen molar-refractivity contribution in [2.24, 2.45) is 0 Å². The first kappa shape index (κ1) is 16.1. The summed E-state index contributed by atoms with van der Waals surface area (Å²) < 4.78 is 0. The standard InChI is InChI=1S/C10H14.C8H12N2/c1-7-5-6-8(2)10(4)9(7)3;1-10(2)8-5-3-7(9)4-6-8/h5-6H,1-4H3;3-6H,9H2,1-2H3. The van der Waals surface area contributed by atoms with Crippen LogP contribution in [0.4, 0.5) is 11.4 Å². The molecule has 2 rings (SSSR count). The predicted octanol–water partition coefficient (Wildman–Crippen LogP) is 4.26. The molecule has 2 N–H and O–H groups in total. The first-order valence-corrected chi connectivity index (χ1v) is 6.89. The largest absolute Gasteiger partial charge is 0.399 e. The number of hydrogen-bond acceptors (Lipinski definition) is 2. The fraction of sp³-hybridized carbons (Fsp3) is 0.333. The van der Waals surface area contributed by atoms with E-state index in [1.165, 1.54) is 27.9 Å². The second kappa shape index (κ2) is 6.99. The van der Waals surface area contributed by atoms with Crippen molar-refractivity contribution < 1.29 is 0 Å². The summed E-state index contributed by atoms with van der Waals surface area (Å²) in [6, 6.07) is 12.1. The molecule has 20 heavy (non-hydrogen) atoms. The Morgan fingerprint density at radius 1 is 0.700 bits per heavy atom. The van der Waals surface area contributed by atoms with Gasteiger partial charge in [-0.25, -0.2) is 0 Å². The molecule has 0 atom stereocenters. The first-order valence-electron chi connectivity index (χ1n) is 6.89. The molecule has 0 unspecified atom stereocenters. The molecule has 0 aliphatic heterocycles. The van der Waals surface area contributed by atoms with Gasteiger partial charge in [0.15, 0.2) is 0 Å². The van der Waals surface area contributed by atoms with Crippen molar-refractivity contribution in [3.63, 3.8) is 0 Å². The van der Waals surface area contributed by atoms with Crippen LogP contribution in [0.2, 0.25) is 0 Å². The molecule has 0 saturated carbocycles. The van der Waals surface area contributed by atoms with E-state index in [2.05, 4.69) is 39.8 Å². The van der Waals surface area contributed by atoms with E-state index in [1.807, 2.05) is 43.3 Å². The summed E-state index contributed by atoms with van der Waals surface area (Å²) in [6.07, 6.45) is 0. The molecule has 0 aliphatic rings. The molecule has 2 heteroatoms. The second-order valence-electron chi connectivity index (χ2n) is 5.44. The molecule has 0 spiro atoms. The summed E-state index contributed by atoms with van der Waals surface area (Å²) in [5, 5.41) is 0. The SMILES string of the molecule is CN(C)c1ccc(N)cc1.Cc1ccc(C)c(C)c1C. The number of hydrogen-bond donors (Lipinski definition) is 1. The molecule has 2 aromatic carbocycles. The van der Waals surface area contributed by atoms with E-state index in [-0.39, 0.29) is 0 Å². The van der Waals surface area contributed by atoms with E-state index in [1.54, 1.807) is 0 Å². The average Bonchev–Trinajstić information content (AvgIpc) is 2.42. The monoisotopic (exact) mass is 270 g/mol. The Morgan fingerprint density at radius 2 is 1.10 bits per heavy atom. The Kier molecular flexibility index (Phi) is 5.63. The van der Waals surface area contributed by atoms with Gasteiger partial charge in [-0.2, -0.15) is 0 Å². The quantitative estimate of drug-likeness (QED) is 0.785. The predicted molar refractivity (Wildman–Crippen MR) is 90.6 cm³/mol. The summed E-state index contributed by atoms with van der Waals surface area (Å²) in [6.45, 7) is 8.67. The third-order valence-electron chi connectivity index (χ3n) is 3.74. The van der Waals surface area contributed by atoms with E-state index in [9.17, 15) is 0 Å². The number of anilines is 2. The molecular formula is C18H26N2. The van der Waals surface area contributed by atoms with E-state index in [0.29, 0.717) is 0 Å². The maximum absolute atomic E-state index is 5.51. The van der Waals surface area contributed by atoms with Crippen LogP contribution < -0.4 is 10.6 Å². The van der Waals surface area contributed by atoms with Crippen molar-refractivity contribution in [1.29, 1.82) is 0 Å². The summed E-state index contributed by atoms with van der Waals surface area (Å²) in [7, 11) is 4.01. The van der Waals surface area contributed by atoms with Gasteiger partial charge in [0.25, 0.3) is 0 Å². The summed E-state index contributed by atoms with van der Waals surface area (Å²) in [5.41, 5.74) is 13.1. The number of nitrogen functional groups attached to an aromatic ring is 1. The van der Waals surface area contributed by atoms with Crippen LogP contribution >= 0.6 is 0 Å². The van der Waals surface area contributed by atoms with Gasteiger partial charge in [0.2, 0.25) is 0 Å². The highest BCUT2D eigenvalue weighted by atomic mass is 15.1. The highest BCUT2D eigenvalue weighted by molar-refractivity contribution is 5.51. The zero-order valence-corrected chi connectivity index (χ0v) is 13.5. The van der Waals surface area contributed by atoms with Crippen molar-refractivity contribution in [3.8, 4) is 0 Å². The van der Waals surface area contributed by atoms with Gasteiger partial charge in [0.05, 0.1) is 0 Å². The van der Waals surface area contributed by atoms with Crippen molar-refractivity contribution in [2.75, 3.05) is 24.7 Å². The maximum atomic E-state index is 5.51. The topological polar surface area (TPSA) is 29.3 Å². The molecule has 0 saturated heterocycles. The van der Waals surface area contributed by atoms with E-state index < -0.39 is 0 Å². The van der Waals surface area contributed by atoms with Gasteiger partial charge in [-0.1, -0.05) is 12.1 Å². The van der Waals surface area contributed by atoms with Gasteiger partial charge >= 0.3 is 0 Å². The van der Waals surface area contributed by atoms with Crippen LogP contribution in [-0.2, 0) is 0 Å². The molecule has 2 aromatic rings. The van der Waals surface area contributed by atoms with E-state index in [0.717, 1.165) is 5.69 Å². The van der Waals surface area contributed by atoms with Gasteiger partial charge in [0, 0.05) is 25.5 Å². The van der Waals surface area contributed by atoms with Crippen LogP contribution in [0.15, 0.2) is 36.4 Å². The highest BCUT2D eigenvalue weighted by Crippen LogP contribution is 2.15. The third-order valence-corrected chi connectivity index (χ3v) is 3.74. The fourth-order valence-corrected chi connectivity index (χ4v) is 1.86. The van der Waals surface area contributed by atoms with Gasteiger partial charge in [-0.05, 0) is 74.2 Å². The Bertz CT molecular complexity index is 527. The minimum atomic E-state index is 0.811. The van der Waals surface area contributed by atoms with Crippen molar-refractivity contribution >= 4 is 11.4 Å². The Hall–Kier alpha value is -1.96. The van der Waals surface area contributed by atoms with Crippen molar-refractivity contribution in [3.05, 3.63) is 58.7 Å². The lowest BCUT2D eigenvalue weighted by Gasteiger charge is -2.11. The summed E-state index contributed by atoms with van der Waals surface area (Å²) >= 11 is 0. The molecule has 0 aromatic heterocycles. The third kappa shape index (κ3) is 4.30. The number of rotatable bonds is 1. The molecular weight excluding hydrogens is 244 g/mol. The number of aryl methyl sites for hydroxylation is 2. The van der Waals surface area contributed by atoms with Gasteiger partial charge in [-0.3, -0.25) is 0 Å². The van der Waals surface area contributed by atoms with Gasteiger partial charge in [0.1, 0.15) is 0 Å². The lowest BCUT2D eigenvalue weighted by Crippen LogP contribution is -2.08. The van der Waals surface area contributed by atoms with E-state index in [4.69, 9.17) is 5.73 Å². The van der Waals surface area contributed by atoms with Crippen LogP contribution in [0.25, 0.3) is 0 Å².